The molecule has 1 heterocycles. The Labute approximate surface area is 224 Å². The fourth-order valence-electron chi connectivity index (χ4n) is 5.97. The highest BCUT2D eigenvalue weighted by molar-refractivity contribution is 7.90. The van der Waals surface area contributed by atoms with Crippen LogP contribution in [-0.4, -0.2) is 43.6 Å². The Morgan fingerprint density at radius 2 is 1.84 bits per heavy atom. The molecule has 0 bridgehead atoms. The molecule has 2 aromatic carbocycles. The van der Waals surface area contributed by atoms with Crippen LogP contribution in [0.15, 0.2) is 64.6 Å². The van der Waals surface area contributed by atoms with Gasteiger partial charge >= 0.3 is 6.03 Å². The number of aryl methyl sites for hydroxylation is 1. The number of amides is 2. The number of hydrogen-bond donors (Lipinski definition) is 2. The number of nitrogens with zero attached hydrogens (tertiary/aromatic N) is 2. The van der Waals surface area contributed by atoms with Crippen LogP contribution in [0.3, 0.4) is 0 Å². The molecule has 4 rings (SSSR count). The molecule has 38 heavy (non-hydrogen) atoms. The summed E-state index contributed by atoms with van der Waals surface area (Å²) in [5.74, 6) is 0. The molecule has 1 saturated carbocycles. The summed E-state index contributed by atoms with van der Waals surface area (Å²) in [6, 6.07) is 14.1. The molecule has 2 atom stereocenters. The van der Waals surface area contributed by atoms with Crippen LogP contribution < -0.4 is 10.6 Å². The number of nitrogens with one attached hydrogen (secondary N) is 2. The second-order valence-corrected chi connectivity index (χ2v) is 13.5. The molecule has 3 aromatic rings. The molecule has 8 nitrogen and oxygen atoms in total. The summed E-state index contributed by atoms with van der Waals surface area (Å²) >= 11 is 0. The van der Waals surface area contributed by atoms with Crippen molar-refractivity contribution in [3.05, 3.63) is 65.9 Å². The Morgan fingerprint density at radius 1 is 1.11 bits per heavy atom. The van der Waals surface area contributed by atoms with Crippen LogP contribution in [0.5, 0.6) is 0 Å². The number of aliphatic imine (C=N–C) groups is 1. The molecule has 0 saturated heterocycles. The number of aromatic nitrogens is 1. The van der Waals surface area contributed by atoms with E-state index in [2.05, 4.69) is 36.4 Å². The van der Waals surface area contributed by atoms with Crippen molar-refractivity contribution in [3.8, 4) is 0 Å². The minimum atomic E-state index is -3.72. The minimum absolute atomic E-state index is 0.0165. The van der Waals surface area contributed by atoms with Gasteiger partial charge in [-0.15, -0.1) is 0 Å². The van der Waals surface area contributed by atoms with E-state index in [9.17, 15) is 18.0 Å². The predicted octanol–water partition coefficient (Wildman–Crippen LogP) is 4.95. The van der Waals surface area contributed by atoms with Crippen LogP contribution >= 0.6 is 0 Å². The second-order valence-electron chi connectivity index (χ2n) is 11.6. The monoisotopic (exact) mass is 536 g/mol. The Kier molecular flexibility index (Phi) is 7.81. The topological polar surface area (TPSA) is 110 Å². The lowest BCUT2D eigenvalue weighted by Crippen LogP contribution is -2.50. The van der Waals surface area contributed by atoms with Crippen molar-refractivity contribution in [2.24, 2.45) is 15.8 Å². The van der Waals surface area contributed by atoms with Crippen molar-refractivity contribution in [1.82, 2.24) is 14.6 Å². The largest absolute Gasteiger partial charge is 0.338 e. The molecule has 1 aliphatic rings. The summed E-state index contributed by atoms with van der Waals surface area (Å²) in [4.78, 5) is 27.4. The molecule has 9 heteroatoms. The van der Waals surface area contributed by atoms with Crippen LogP contribution in [0.4, 0.5) is 4.79 Å². The maximum atomic E-state index is 13.2. The number of urea groups is 1. The van der Waals surface area contributed by atoms with E-state index in [1.165, 1.54) is 3.97 Å². The summed E-state index contributed by atoms with van der Waals surface area (Å²) in [5.41, 5.74) is 2.38. The van der Waals surface area contributed by atoms with Crippen LogP contribution in [0.1, 0.15) is 51.2 Å². The van der Waals surface area contributed by atoms with E-state index < -0.39 is 10.0 Å². The van der Waals surface area contributed by atoms with E-state index in [-0.39, 0.29) is 27.8 Å². The van der Waals surface area contributed by atoms with Crippen molar-refractivity contribution in [1.29, 1.82) is 0 Å². The molecule has 1 aromatic heterocycles. The van der Waals surface area contributed by atoms with Crippen molar-refractivity contribution in [2.45, 2.75) is 64.3 Å². The third kappa shape index (κ3) is 6.34. The maximum Gasteiger partial charge on any atom is 0.315 e. The van der Waals surface area contributed by atoms with Gasteiger partial charge in [-0.1, -0.05) is 50.6 Å². The van der Waals surface area contributed by atoms with E-state index in [4.69, 9.17) is 0 Å². The van der Waals surface area contributed by atoms with Gasteiger partial charge in [-0.3, -0.25) is 0 Å². The van der Waals surface area contributed by atoms with Crippen molar-refractivity contribution in [2.75, 3.05) is 13.1 Å². The van der Waals surface area contributed by atoms with E-state index in [1.807, 2.05) is 25.1 Å². The summed E-state index contributed by atoms with van der Waals surface area (Å²) in [6.45, 7) is 9.18. The quantitative estimate of drug-likeness (QED) is 0.314. The third-order valence-corrected chi connectivity index (χ3v) is 9.01. The summed E-state index contributed by atoms with van der Waals surface area (Å²) in [7, 11) is -3.72. The molecule has 1 aliphatic carbocycles. The van der Waals surface area contributed by atoms with E-state index in [1.54, 1.807) is 42.6 Å². The number of benzene rings is 2. The molecule has 2 amide bonds. The first-order valence-corrected chi connectivity index (χ1v) is 14.4. The Morgan fingerprint density at radius 3 is 2.55 bits per heavy atom. The number of isocyanates is 1. The molecule has 0 radical (unpaired) electrons. The number of carbonyl (C=O) groups excluding carboxylic acids is 2. The smallest absolute Gasteiger partial charge is 0.315 e. The maximum absolute atomic E-state index is 13.2. The van der Waals surface area contributed by atoms with Gasteiger partial charge in [0.05, 0.1) is 17.0 Å². The molecule has 202 valence electrons. The molecular formula is C29H36N4O4S. The number of carbonyl (C=O) groups is 1. The molecule has 0 aliphatic heterocycles. The Balaban J connectivity index is 1.39. The number of rotatable bonds is 8. The van der Waals surface area contributed by atoms with Gasteiger partial charge in [-0.2, -0.15) is 0 Å². The summed E-state index contributed by atoms with van der Waals surface area (Å²) in [5, 5.41) is 6.86. The van der Waals surface area contributed by atoms with Crippen LogP contribution in [0.2, 0.25) is 0 Å². The van der Waals surface area contributed by atoms with Gasteiger partial charge in [0.2, 0.25) is 6.08 Å². The minimum Gasteiger partial charge on any atom is -0.338 e. The standard InChI is InChI=1S/C29H36N4O4S/c1-21-5-9-25(10-6-21)38(36,37)33-14-12-23-8-7-22(15-26(23)33)11-13-31-27(35)32-24-16-28(2,3)18-29(4,17-24)19-30-20-34/h5-10,12,14-15,24H,11,13,16-19H2,1-4H3,(H2,31,32,35). The highest BCUT2D eigenvalue weighted by Gasteiger charge is 2.41. The van der Waals surface area contributed by atoms with Crippen LogP contribution in [0.25, 0.3) is 10.9 Å². The molecular weight excluding hydrogens is 500 g/mol. The van der Waals surface area contributed by atoms with E-state index in [0.717, 1.165) is 35.8 Å². The van der Waals surface area contributed by atoms with Gasteiger partial charge in [-0.05, 0) is 73.3 Å². The first-order chi connectivity index (χ1) is 17.9. The van der Waals surface area contributed by atoms with Gasteiger partial charge < -0.3 is 10.6 Å². The predicted molar refractivity (Wildman–Crippen MR) is 148 cm³/mol. The molecule has 1 fully saturated rings. The zero-order chi connectivity index (χ0) is 27.6. The fraction of sp³-hybridized carbons (Fsp3) is 0.448. The number of fused-ring (bicyclic) bond motifs is 1. The zero-order valence-corrected chi connectivity index (χ0v) is 23.3. The summed E-state index contributed by atoms with van der Waals surface area (Å²) in [6.07, 6.45) is 6.30. The van der Waals surface area contributed by atoms with E-state index in [0.29, 0.717) is 25.0 Å². The highest BCUT2D eigenvalue weighted by Crippen LogP contribution is 2.46. The SMILES string of the molecule is Cc1ccc(S(=O)(=O)n2ccc3ccc(CCNC(=O)NC4CC(C)(C)CC(C)(CN=C=O)C4)cc32)cc1. The lowest BCUT2D eigenvalue weighted by atomic mass is 9.62. The molecule has 2 unspecified atom stereocenters. The summed E-state index contributed by atoms with van der Waals surface area (Å²) < 4.78 is 27.8. The Bertz CT molecular complexity index is 1470. The molecule has 0 spiro atoms. The normalized spacial score (nSPS) is 21.0. The molecule has 2 N–H and O–H groups in total. The first-order valence-electron chi connectivity index (χ1n) is 12.9. The zero-order valence-electron chi connectivity index (χ0n) is 22.5. The average molecular weight is 537 g/mol. The average Bonchev–Trinajstić information content (AvgIpc) is 3.26. The van der Waals surface area contributed by atoms with Crippen molar-refractivity contribution < 1.29 is 18.0 Å². The van der Waals surface area contributed by atoms with Gasteiger partial charge in [0.1, 0.15) is 0 Å². The van der Waals surface area contributed by atoms with E-state index >= 15 is 0 Å². The van der Waals surface area contributed by atoms with Gasteiger partial charge in [0.25, 0.3) is 10.0 Å². The van der Waals surface area contributed by atoms with Crippen LogP contribution in [-0.2, 0) is 21.2 Å². The van der Waals surface area contributed by atoms with Gasteiger partial charge in [0.15, 0.2) is 0 Å². The third-order valence-electron chi connectivity index (χ3n) is 7.30. The second kappa shape index (κ2) is 10.8. The van der Waals surface area contributed by atoms with Gasteiger partial charge in [-0.25, -0.2) is 27.0 Å². The lowest BCUT2D eigenvalue weighted by Gasteiger charge is -2.46. The Hall–Kier alpha value is -3.42. The van der Waals surface area contributed by atoms with Crippen molar-refractivity contribution >= 4 is 33.0 Å². The van der Waals surface area contributed by atoms with Crippen LogP contribution in [0, 0.1) is 17.8 Å². The lowest BCUT2D eigenvalue weighted by molar-refractivity contribution is 0.0807. The first kappa shape index (κ1) is 27.6. The fourth-order valence-corrected chi connectivity index (χ4v) is 7.32. The van der Waals surface area contributed by atoms with Gasteiger partial charge in [0, 0.05) is 24.2 Å². The highest BCUT2D eigenvalue weighted by atomic mass is 32.2. The number of hydrogen-bond acceptors (Lipinski definition) is 5. The van der Waals surface area contributed by atoms with Crippen molar-refractivity contribution in [3.63, 3.8) is 0 Å².